The molecule has 2 aromatic carbocycles. The van der Waals surface area contributed by atoms with E-state index in [0.717, 1.165) is 11.3 Å². The molecule has 0 unspecified atom stereocenters. The van der Waals surface area contributed by atoms with Crippen molar-refractivity contribution in [2.45, 2.75) is 61.1 Å². The van der Waals surface area contributed by atoms with Crippen molar-refractivity contribution < 1.29 is 46.6 Å². The summed E-state index contributed by atoms with van der Waals surface area (Å²) in [6, 6.07) is 16.3. The van der Waals surface area contributed by atoms with E-state index in [4.69, 9.17) is 4.74 Å². The van der Waals surface area contributed by atoms with Gasteiger partial charge in [-0.3, -0.25) is 19.2 Å². The molecule has 0 N–H and O–H groups in total. The van der Waals surface area contributed by atoms with Gasteiger partial charge in [-0.05, 0) is 52.0 Å². The molecule has 0 heterocycles. The zero-order valence-electron chi connectivity index (χ0n) is 23.1. The number of ether oxygens (including phenoxy) is 2. The van der Waals surface area contributed by atoms with Crippen LogP contribution in [0.1, 0.15) is 75.6 Å². The van der Waals surface area contributed by atoms with Crippen molar-refractivity contribution >= 4 is 29.1 Å². The minimum absolute atomic E-state index is 0.0765. The lowest BCUT2D eigenvalue weighted by Crippen LogP contribution is -2.18. The van der Waals surface area contributed by atoms with Gasteiger partial charge in [-0.1, -0.05) is 37.3 Å². The van der Waals surface area contributed by atoms with Crippen LogP contribution in [0.4, 0.5) is 13.2 Å². The zero-order valence-corrected chi connectivity index (χ0v) is 23.1. The Morgan fingerprint density at radius 1 is 0.711 bits per heavy atom. The lowest BCUT2D eigenvalue weighted by molar-refractivity contribution is -0.168. The van der Waals surface area contributed by atoms with Crippen molar-refractivity contribution in [2.75, 3.05) is 13.7 Å². The van der Waals surface area contributed by atoms with E-state index in [0.29, 0.717) is 25.5 Å². The Kier molecular flexibility index (Phi) is 22.8. The minimum atomic E-state index is -4.64. The Balaban J connectivity index is -0.000000416. The highest BCUT2D eigenvalue weighted by Gasteiger charge is 2.33. The molecule has 0 aliphatic carbocycles. The molecule has 10 heteroatoms. The maximum Gasteiger partial charge on any atom is 0.449 e. The standard InChI is InChI=1S/C9H10O2.C8H8O.C4H8O2.C4H8O.C3H3F3O/c1-7(10)8-3-5-9(11-2)6-4-8;1-7(9)8-5-3-2-4-6-8;1-3-6-4(2)5;1-3-4(2)5;1-2(7)3(4,5)6/h3-6H,1-2H3;2-6H,1H3;3H2,1-2H3;3H2,1-2H3;1H3. The molecule has 0 atom stereocenters. The van der Waals surface area contributed by atoms with Crippen molar-refractivity contribution in [3.8, 4) is 5.75 Å². The quantitative estimate of drug-likeness (QED) is 0.315. The molecule has 0 aliphatic heterocycles. The second kappa shape index (κ2) is 22.4. The van der Waals surface area contributed by atoms with Crippen LogP contribution in [0.15, 0.2) is 54.6 Å². The lowest BCUT2D eigenvalue weighted by atomic mass is 10.1. The number of halogens is 3. The van der Waals surface area contributed by atoms with Crippen LogP contribution < -0.4 is 4.74 Å². The van der Waals surface area contributed by atoms with Crippen LogP contribution in [0.2, 0.25) is 0 Å². The highest BCUT2D eigenvalue weighted by atomic mass is 19.4. The van der Waals surface area contributed by atoms with Gasteiger partial charge in [0.2, 0.25) is 5.78 Å². The predicted octanol–water partition coefficient (Wildman–Crippen LogP) is 6.48. The third kappa shape index (κ3) is 25.3. The average molecular weight is 543 g/mol. The van der Waals surface area contributed by atoms with Gasteiger partial charge in [-0.25, -0.2) is 0 Å². The third-order valence-corrected chi connectivity index (χ3v) is 3.92. The fraction of sp³-hybridized carbons (Fsp3) is 0.393. The summed E-state index contributed by atoms with van der Waals surface area (Å²) < 4.78 is 41.8. The molecule has 2 rings (SSSR count). The molecule has 0 radical (unpaired) electrons. The summed E-state index contributed by atoms with van der Waals surface area (Å²) in [6.07, 6.45) is -3.97. The number of hydrogen-bond donors (Lipinski definition) is 0. The van der Waals surface area contributed by atoms with Crippen LogP contribution in [0.25, 0.3) is 0 Å². The second-order valence-electron chi connectivity index (χ2n) is 7.24. The van der Waals surface area contributed by atoms with E-state index in [2.05, 4.69) is 4.74 Å². The molecule has 212 valence electrons. The molecular formula is C28H37F3O7. The number of methoxy groups -OCH3 is 1. The van der Waals surface area contributed by atoms with Crippen molar-refractivity contribution in [3.63, 3.8) is 0 Å². The molecule has 38 heavy (non-hydrogen) atoms. The third-order valence-electron chi connectivity index (χ3n) is 3.92. The fourth-order valence-corrected chi connectivity index (χ4v) is 1.70. The number of alkyl halides is 3. The van der Waals surface area contributed by atoms with Crippen LogP contribution in [-0.4, -0.2) is 49.0 Å². The van der Waals surface area contributed by atoms with Gasteiger partial charge in [0.05, 0.1) is 13.7 Å². The lowest BCUT2D eigenvalue weighted by Gasteiger charge is -1.98. The number of hydrogen-bond acceptors (Lipinski definition) is 7. The summed E-state index contributed by atoms with van der Waals surface area (Å²) >= 11 is 0. The van der Waals surface area contributed by atoms with Gasteiger partial charge >= 0.3 is 12.1 Å². The molecule has 2 aromatic rings. The Bertz CT molecular complexity index is 968. The van der Waals surface area contributed by atoms with E-state index in [9.17, 15) is 37.1 Å². The van der Waals surface area contributed by atoms with Crippen molar-refractivity contribution in [1.82, 2.24) is 0 Å². The molecule has 0 fully saturated rings. The monoisotopic (exact) mass is 542 g/mol. The average Bonchev–Trinajstić information content (AvgIpc) is 2.85. The smallest absolute Gasteiger partial charge is 0.449 e. The fourth-order valence-electron chi connectivity index (χ4n) is 1.70. The molecule has 0 saturated carbocycles. The summed E-state index contributed by atoms with van der Waals surface area (Å²) in [6.45, 7) is 10.7. The number of esters is 1. The summed E-state index contributed by atoms with van der Waals surface area (Å²) in [5, 5.41) is 0. The number of rotatable bonds is 5. The summed E-state index contributed by atoms with van der Waals surface area (Å²) in [5.41, 5.74) is 1.49. The van der Waals surface area contributed by atoms with Crippen LogP contribution in [-0.2, 0) is 19.1 Å². The van der Waals surface area contributed by atoms with Gasteiger partial charge in [0.15, 0.2) is 11.6 Å². The van der Waals surface area contributed by atoms with E-state index in [-0.39, 0.29) is 23.3 Å². The molecule has 0 saturated heterocycles. The number of Topliss-reactive ketones (excluding diaryl/α,β-unsaturated/α-hetero) is 4. The number of benzene rings is 2. The van der Waals surface area contributed by atoms with E-state index < -0.39 is 12.0 Å². The Hall–Kier alpha value is -3.82. The van der Waals surface area contributed by atoms with E-state index in [1.54, 1.807) is 59.1 Å². The number of ketones is 4. The predicted molar refractivity (Wildman–Crippen MR) is 139 cm³/mol. The van der Waals surface area contributed by atoms with Gasteiger partial charge in [0, 0.05) is 31.4 Å². The van der Waals surface area contributed by atoms with Crippen molar-refractivity contribution in [1.29, 1.82) is 0 Å². The van der Waals surface area contributed by atoms with Crippen LogP contribution in [0, 0.1) is 0 Å². The Morgan fingerprint density at radius 2 is 1.08 bits per heavy atom. The van der Waals surface area contributed by atoms with Gasteiger partial charge < -0.3 is 14.3 Å². The van der Waals surface area contributed by atoms with Crippen LogP contribution in [0.3, 0.4) is 0 Å². The van der Waals surface area contributed by atoms with Crippen LogP contribution in [0.5, 0.6) is 5.75 Å². The topological polar surface area (TPSA) is 104 Å². The molecule has 0 spiro atoms. The first-order chi connectivity index (χ1) is 17.5. The van der Waals surface area contributed by atoms with Crippen LogP contribution >= 0.6 is 0 Å². The van der Waals surface area contributed by atoms with Gasteiger partial charge in [-0.15, -0.1) is 0 Å². The molecule has 0 aliphatic rings. The summed E-state index contributed by atoms with van der Waals surface area (Å²) in [4.78, 5) is 50.4. The molecule has 0 bridgehead atoms. The van der Waals surface area contributed by atoms with E-state index in [1.807, 2.05) is 37.3 Å². The van der Waals surface area contributed by atoms with Crippen molar-refractivity contribution in [2.24, 2.45) is 0 Å². The number of carbonyl (C=O) groups is 5. The maximum absolute atomic E-state index is 10.8. The Labute approximate surface area is 222 Å². The molecule has 0 amide bonds. The van der Waals surface area contributed by atoms with E-state index in [1.165, 1.54) is 6.92 Å². The first kappa shape index (κ1) is 38.7. The second-order valence-corrected chi connectivity index (χ2v) is 7.24. The van der Waals surface area contributed by atoms with Gasteiger partial charge in [-0.2, -0.15) is 13.2 Å². The molecule has 0 aromatic heterocycles. The maximum atomic E-state index is 10.8. The largest absolute Gasteiger partial charge is 0.497 e. The van der Waals surface area contributed by atoms with Gasteiger partial charge in [0.1, 0.15) is 11.5 Å². The summed E-state index contributed by atoms with van der Waals surface area (Å²) in [7, 11) is 1.60. The first-order valence-electron chi connectivity index (χ1n) is 11.4. The SMILES string of the molecule is CC(=O)C(F)(F)F.CC(=O)c1ccccc1.CCC(C)=O.CCOC(C)=O.COc1ccc(C(C)=O)cc1. The Morgan fingerprint density at radius 3 is 1.26 bits per heavy atom. The minimum Gasteiger partial charge on any atom is -0.497 e. The highest BCUT2D eigenvalue weighted by Crippen LogP contribution is 2.14. The molecule has 7 nitrogen and oxygen atoms in total. The molecular weight excluding hydrogens is 505 g/mol. The zero-order chi connectivity index (χ0) is 30.3. The normalized spacial score (nSPS) is 9.13. The van der Waals surface area contributed by atoms with Crippen molar-refractivity contribution in [3.05, 3.63) is 65.7 Å². The first-order valence-corrected chi connectivity index (χ1v) is 11.4. The number of carbonyl (C=O) groups excluding carboxylic acids is 5. The highest BCUT2D eigenvalue weighted by molar-refractivity contribution is 5.94. The summed E-state index contributed by atoms with van der Waals surface area (Å²) in [5.74, 6) is -0.742. The van der Waals surface area contributed by atoms with Gasteiger partial charge in [0.25, 0.3) is 0 Å². The van der Waals surface area contributed by atoms with E-state index >= 15 is 0 Å².